The second kappa shape index (κ2) is 7.93. The first-order chi connectivity index (χ1) is 13.7. The van der Waals surface area contributed by atoms with Crippen molar-refractivity contribution in [2.45, 2.75) is 32.4 Å². The number of carbonyl (C=O) groups is 1. The van der Waals surface area contributed by atoms with E-state index >= 15 is 0 Å². The number of fused-ring (bicyclic) bond motifs is 1. The molecule has 8 nitrogen and oxygen atoms in total. The van der Waals surface area contributed by atoms with Crippen LogP contribution in [0.3, 0.4) is 0 Å². The molecular weight excluding hydrogens is 356 g/mol. The minimum absolute atomic E-state index is 0.0972. The summed E-state index contributed by atoms with van der Waals surface area (Å²) < 4.78 is 2.64. The van der Waals surface area contributed by atoms with Crippen molar-refractivity contribution in [2.75, 3.05) is 19.6 Å². The molecule has 8 heteroatoms. The van der Waals surface area contributed by atoms with E-state index < -0.39 is 0 Å². The van der Waals surface area contributed by atoms with E-state index in [2.05, 4.69) is 27.3 Å². The van der Waals surface area contributed by atoms with E-state index in [9.17, 15) is 9.59 Å². The molecule has 1 N–H and O–H groups in total. The predicted octanol–water partition coefficient (Wildman–Crippen LogP) is 1.16. The van der Waals surface area contributed by atoms with Crippen LogP contribution in [0.15, 0.2) is 47.5 Å². The fourth-order valence-electron chi connectivity index (χ4n) is 3.77. The molecule has 1 aliphatic rings. The molecule has 1 fully saturated rings. The number of rotatable bonds is 6. The summed E-state index contributed by atoms with van der Waals surface area (Å²) >= 11 is 0. The van der Waals surface area contributed by atoms with Gasteiger partial charge in [-0.05, 0) is 32.0 Å². The lowest BCUT2D eigenvalue weighted by atomic mass is 10.1. The van der Waals surface area contributed by atoms with Crippen LogP contribution < -0.4 is 10.9 Å². The van der Waals surface area contributed by atoms with E-state index in [1.165, 1.54) is 15.5 Å². The average Bonchev–Trinajstić information content (AvgIpc) is 3.36. The van der Waals surface area contributed by atoms with E-state index in [0.29, 0.717) is 23.8 Å². The second-order valence-electron chi connectivity index (χ2n) is 7.05. The smallest absolute Gasteiger partial charge is 0.293 e. The molecule has 4 rings (SSSR count). The average molecular weight is 380 g/mol. The first kappa shape index (κ1) is 18.4. The zero-order chi connectivity index (χ0) is 19.5. The van der Waals surface area contributed by atoms with E-state index in [-0.39, 0.29) is 18.0 Å². The Hall–Kier alpha value is -3.00. The van der Waals surface area contributed by atoms with Gasteiger partial charge in [0.15, 0.2) is 0 Å². The Morgan fingerprint density at radius 2 is 2.11 bits per heavy atom. The Kier molecular flexibility index (Phi) is 5.21. The molecule has 0 aliphatic carbocycles. The maximum absolute atomic E-state index is 12.7. The quantitative estimate of drug-likeness (QED) is 0.694. The minimum atomic E-state index is -0.330. The van der Waals surface area contributed by atoms with Crippen molar-refractivity contribution in [1.82, 2.24) is 29.6 Å². The van der Waals surface area contributed by atoms with Crippen molar-refractivity contribution >= 4 is 11.4 Å². The zero-order valence-corrected chi connectivity index (χ0v) is 15.9. The number of carbonyl (C=O) groups excluding carboxylic acids is 1. The van der Waals surface area contributed by atoms with Gasteiger partial charge in [-0.1, -0.05) is 37.3 Å². The first-order valence-electron chi connectivity index (χ1n) is 9.67. The van der Waals surface area contributed by atoms with Crippen LogP contribution in [0, 0.1) is 0 Å². The highest BCUT2D eigenvalue weighted by atomic mass is 16.2. The third kappa shape index (κ3) is 3.68. The highest BCUT2D eigenvalue weighted by molar-refractivity contribution is 5.75. The van der Waals surface area contributed by atoms with Crippen LogP contribution in [-0.2, 0) is 11.3 Å². The molecule has 0 saturated carbocycles. The van der Waals surface area contributed by atoms with Crippen LogP contribution in [0.5, 0.6) is 0 Å². The van der Waals surface area contributed by atoms with Crippen LogP contribution in [0.25, 0.3) is 16.8 Å². The Bertz CT molecular complexity index is 1030. The molecule has 28 heavy (non-hydrogen) atoms. The number of likely N-dealkylation sites (N-methyl/N-ethyl adjacent to an activating group) is 1. The summed E-state index contributed by atoms with van der Waals surface area (Å²) in [6, 6.07) is 11.7. The highest BCUT2D eigenvalue weighted by Crippen LogP contribution is 2.17. The summed E-state index contributed by atoms with van der Waals surface area (Å²) in [5.41, 5.74) is 1.69. The Morgan fingerprint density at radius 3 is 2.89 bits per heavy atom. The van der Waals surface area contributed by atoms with Gasteiger partial charge in [0.05, 0.1) is 5.69 Å². The summed E-state index contributed by atoms with van der Waals surface area (Å²) in [6.45, 7) is 4.71. The van der Waals surface area contributed by atoms with Crippen molar-refractivity contribution in [2.24, 2.45) is 0 Å². The highest BCUT2D eigenvalue weighted by Gasteiger charge is 2.23. The molecule has 0 spiro atoms. The van der Waals surface area contributed by atoms with E-state index in [1.54, 1.807) is 6.07 Å². The van der Waals surface area contributed by atoms with Crippen LogP contribution in [0.2, 0.25) is 0 Å². The number of nitrogens with zero attached hydrogens (tertiary/aromatic N) is 5. The number of hydrogen-bond acceptors (Lipinski definition) is 5. The molecule has 1 atom stereocenters. The van der Waals surface area contributed by atoms with Gasteiger partial charge in [-0.25, -0.2) is 9.20 Å². The number of likely N-dealkylation sites (tertiary alicyclic amines) is 1. The lowest BCUT2D eigenvalue weighted by Gasteiger charge is -2.22. The zero-order valence-electron chi connectivity index (χ0n) is 15.9. The lowest BCUT2D eigenvalue weighted by molar-refractivity contribution is -0.122. The summed E-state index contributed by atoms with van der Waals surface area (Å²) in [7, 11) is 0. The van der Waals surface area contributed by atoms with Gasteiger partial charge in [0.1, 0.15) is 18.4 Å². The lowest BCUT2D eigenvalue weighted by Crippen LogP contribution is -2.42. The van der Waals surface area contributed by atoms with Gasteiger partial charge in [0.25, 0.3) is 5.56 Å². The standard InChI is InChI=1S/C20H24N6O2/c1-2-24-10-6-9-16(24)12-21-19(27)13-25-20(28)18-11-17(23-26(18)14-22-25)15-7-4-3-5-8-15/h3-5,7-8,11,14,16H,2,6,9-10,12-13H2,1H3,(H,21,27). The van der Waals surface area contributed by atoms with Crippen molar-refractivity contribution in [3.8, 4) is 11.3 Å². The third-order valence-electron chi connectivity index (χ3n) is 5.29. The van der Waals surface area contributed by atoms with Gasteiger partial charge in [-0.3, -0.25) is 14.5 Å². The van der Waals surface area contributed by atoms with E-state index in [1.807, 2.05) is 30.3 Å². The van der Waals surface area contributed by atoms with Gasteiger partial charge in [0.2, 0.25) is 5.91 Å². The van der Waals surface area contributed by atoms with Crippen molar-refractivity contribution in [3.63, 3.8) is 0 Å². The Balaban J connectivity index is 1.47. The maximum atomic E-state index is 12.7. The monoisotopic (exact) mass is 380 g/mol. The molecule has 1 aromatic carbocycles. The molecule has 1 unspecified atom stereocenters. The van der Waals surface area contributed by atoms with Gasteiger partial charge < -0.3 is 5.32 Å². The normalized spacial score (nSPS) is 17.2. The SMILES string of the molecule is CCN1CCCC1CNC(=O)Cn1ncn2nc(-c3ccccc3)cc2c1=O. The Labute approximate surface area is 162 Å². The number of hydrogen-bond donors (Lipinski definition) is 1. The van der Waals surface area contributed by atoms with Gasteiger partial charge in [0, 0.05) is 18.2 Å². The number of amides is 1. The summed E-state index contributed by atoms with van der Waals surface area (Å²) in [5, 5.41) is 11.4. The van der Waals surface area contributed by atoms with E-state index in [4.69, 9.17) is 0 Å². The van der Waals surface area contributed by atoms with Crippen LogP contribution in [0.4, 0.5) is 0 Å². The maximum Gasteiger partial charge on any atom is 0.293 e. The first-order valence-corrected chi connectivity index (χ1v) is 9.67. The molecule has 0 bridgehead atoms. The molecule has 146 valence electrons. The Morgan fingerprint density at radius 1 is 1.29 bits per heavy atom. The van der Waals surface area contributed by atoms with Crippen molar-refractivity contribution < 1.29 is 4.79 Å². The van der Waals surface area contributed by atoms with Gasteiger partial charge in [-0.15, -0.1) is 0 Å². The number of benzene rings is 1. The minimum Gasteiger partial charge on any atom is -0.353 e. The molecule has 3 aromatic rings. The summed E-state index contributed by atoms with van der Waals surface area (Å²) in [5.74, 6) is -0.204. The predicted molar refractivity (Wildman–Crippen MR) is 106 cm³/mol. The molecule has 1 aliphatic heterocycles. The number of aromatic nitrogens is 4. The van der Waals surface area contributed by atoms with Crippen LogP contribution in [-0.4, -0.2) is 55.9 Å². The molecule has 1 amide bonds. The fourth-order valence-corrected chi connectivity index (χ4v) is 3.77. The van der Waals surface area contributed by atoms with Gasteiger partial charge >= 0.3 is 0 Å². The van der Waals surface area contributed by atoms with Crippen LogP contribution in [0.1, 0.15) is 19.8 Å². The van der Waals surface area contributed by atoms with E-state index in [0.717, 1.165) is 31.5 Å². The van der Waals surface area contributed by atoms with Crippen LogP contribution >= 0.6 is 0 Å². The second-order valence-corrected chi connectivity index (χ2v) is 7.05. The number of nitrogens with one attached hydrogen (secondary N) is 1. The molecule has 1 saturated heterocycles. The molecule has 3 heterocycles. The topological polar surface area (TPSA) is 84.5 Å². The molecular formula is C20H24N6O2. The van der Waals surface area contributed by atoms with Crippen molar-refractivity contribution in [3.05, 3.63) is 53.1 Å². The summed E-state index contributed by atoms with van der Waals surface area (Å²) in [4.78, 5) is 27.4. The third-order valence-corrected chi connectivity index (χ3v) is 5.29. The van der Waals surface area contributed by atoms with Crippen molar-refractivity contribution in [1.29, 1.82) is 0 Å². The molecule has 0 radical (unpaired) electrons. The van der Waals surface area contributed by atoms with Gasteiger partial charge in [-0.2, -0.15) is 10.2 Å². The summed E-state index contributed by atoms with van der Waals surface area (Å²) in [6.07, 6.45) is 3.72. The fraction of sp³-hybridized carbons (Fsp3) is 0.400. The largest absolute Gasteiger partial charge is 0.353 e. The molecule has 2 aromatic heterocycles.